The van der Waals surface area contributed by atoms with Gasteiger partial charge < -0.3 is 10.4 Å². The van der Waals surface area contributed by atoms with Crippen LogP contribution in [0.3, 0.4) is 0 Å². The van der Waals surface area contributed by atoms with Gasteiger partial charge in [0.25, 0.3) is 11.6 Å². The van der Waals surface area contributed by atoms with Gasteiger partial charge in [-0.1, -0.05) is 13.8 Å². The van der Waals surface area contributed by atoms with Crippen LogP contribution in [0.2, 0.25) is 0 Å². The van der Waals surface area contributed by atoms with Crippen molar-refractivity contribution in [3.05, 3.63) is 39.7 Å². The van der Waals surface area contributed by atoms with Crippen molar-refractivity contribution >= 4 is 17.6 Å². The highest BCUT2D eigenvalue weighted by molar-refractivity contribution is 5.99. The van der Waals surface area contributed by atoms with Crippen molar-refractivity contribution in [2.24, 2.45) is 5.92 Å². The minimum Gasteiger partial charge on any atom is -0.480 e. The number of carboxylic acid groups (broad SMARTS) is 1. The fourth-order valence-corrected chi connectivity index (χ4v) is 1.78. The number of rotatable bonds is 6. The Labute approximate surface area is 119 Å². The summed E-state index contributed by atoms with van der Waals surface area (Å²) in [6.07, 6.45) is 0.157. The maximum absolute atomic E-state index is 13.2. The molecule has 0 saturated heterocycles. The van der Waals surface area contributed by atoms with Crippen LogP contribution >= 0.6 is 0 Å². The fraction of sp³-hybridized carbons (Fsp3) is 0.385. The van der Waals surface area contributed by atoms with Gasteiger partial charge in [0.15, 0.2) is 0 Å². The Kier molecular flexibility index (Phi) is 5.34. The third-order valence-corrected chi connectivity index (χ3v) is 2.71. The van der Waals surface area contributed by atoms with E-state index in [-0.39, 0.29) is 12.3 Å². The molecule has 21 heavy (non-hydrogen) atoms. The smallest absolute Gasteiger partial charge is 0.326 e. The van der Waals surface area contributed by atoms with E-state index in [9.17, 15) is 24.1 Å². The first-order valence-electron chi connectivity index (χ1n) is 6.20. The zero-order chi connectivity index (χ0) is 16.2. The molecular formula is C13H15FN2O5. The lowest BCUT2D eigenvalue weighted by molar-refractivity contribution is -0.385. The Balaban J connectivity index is 3.05. The van der Waals surface area contributed by atoms with Gasteiger partial charge >= 0.3 is 5.97 Å². The molecule has 0 spiro atoms. The predicted octanol–water partition coefficient (Wildman–Crippen LogP) is 1.96. The van der Waals surface area contributed by atoms with Crippen LogP contribution in [0.4, 0.5) is 10.1 Å². The molecule has 8 heteroatoms. The third kappa shape index (κ3) is 4.51. The maximum atomic E-state index is 13.2. The van der Waals surface area contributed by atoms with E-state index in [0.29, 0.717) is 6.07 Å². The summed E-state index contributed by atoms with van der Waals surface area (Å²) in [4.78, 5) is 33.0. The zero-order valence-corrected chi connectivity index (χ0v) is 11.5. The normalized spacial score (nSPS) is 12.0. The first kappa shape index (κ1) is 16.5. The number of nitrogens with one attached hydrogen (secondary N) is 1. The van der Waals surface area contributed by atoms with Crippen molar-refractivity contribution in [3.8, 4) is 0 Å². The Hall–Kier alpha value is -2.51. The maximum Gasteiger partial charge on any atom is 0.326 e. The van der Waals surface area contributed by atoms with Crippen LogP contribution in [0.1, 0.15) is 30.6 Å². The van der Waals surface area contributed by atoms with E-state index in [1.807, 2.05) is 0 Å². The van der Waals surface area contributed by atoms with Crippen LogP contribution < -0.4 is 5.32 Å². The number of halogens is 1. The average molecular weight is 298 g/mol. The zero-order valence-electron chi connectivity index (χ0n) is 11.5. The molecule has 0 bridgehead atoms. The Morgan fingerprint density at radius 1 is 1.43 bits per heavy atom. The van der Waals surface area contributed by atoms with Gasteiger partial charge in [-0.2, -0.15) is 0 Å². The summed E-state index contributed by atoms with van der Waals surface area (Å²) in [5.41, 5.74) is -1.09. The van der Waals surface area contributed by atoms with Crippen LogP contribution in [0.15, 0.2) is 18.2 Å². The molecule has 0 saturated carbocycles. The molecule has 1 unspecified atom stereocenters. The van der Waals surface area contributed by atoms with Gasteiger partial charge in [0.05, 0.1) is 4.92 Å². The molecule has 0 radical (unpaired) electrons. The second-order valence-corrected chi connectivity index (χ2v) is 4.91. The molecule has 0 fully saturated rings. The van der Waals surface area contributed by atoms with Gasteiger partial charge in [0.2, 0.25) is 0 Å². The van der Waals surface area contributed by atoms with Crippen molar-refractivity contribution in [1.82, 2.24) is 5.32 Å². The molecule has 0 aromatic heterocycles. The van der Waals surface area contributed by atoms with E-state index in [4.69, 9.17) is 5.11 Å². The molecule has 0 heterocycles. The van der Waals surface area contributed by atoms with E-state index in [1.165, 1.54) is 0 Å². The molecule has 1 amide bonds. The largest absolute Gasteiger partial charge is 0.480 e. The van der Waals surface area contributed by atoms with Crippen LogP contribution in [0, 0.1) is 21.8 Å². The molecule has 1 aromatic rings. The highest BCUT2D eigenvalue weighted by Gasteiger charge is 2.26. The van der Waals surface area contributed by atoms with Gasteiger partial charge in [-0.25, -0.2) is 9.18 Å². The molecule has 0 aliphatic heterocycles. The fourth-order valence-electron chi connectivity index (χ4n) is 1.78. The second kappa shape index (κ2) is 6.78. The lowest BCUT2D eigenvalue weighted by atomic mass is 10.0. The molecule has 2 N–H and O–H groups in total. The number of hydrogen-bond acceptors (Lipinski definition) is 4. The standard InChI is InChI=1S/C13H15FN2O5/c1-7(2)5-10(13(18)19)15-12(17)9-6-8(14)3-4-11(9)16(20)21/h3-4,6-7,10H,5H2,1-2H3,(H,15,17)(H,18,19). The first-order valence-corrected chi connectivity index (χ1v) is 6.20. The van der Waals surface area contributed by atoms with Crippen molar-refractivity contribution < 1.29 is 24.0 Å². The van der Waals surface area contributed by atoms with E-state index in [2.05, 4.69) is 5.32 Å². The number of carbonyl (C=O) groups is 2. The summed E-state index contributed by atoms with van der Waals surface area (Å²) >= 11 is 0. The summed E-state index contributed by atoms with van der Waals surface area (Å²) in [7, 11) is 0. The van der Waals surface area contributed by atoms with Gasteiger partial charge in [-0.15, -0.1) is 0 Å². The highest BCUT2D eigenvalue weighted by atomic mass is 19.1. The van der Waals surface area contributed by atoms with Gasteiger partial charge in [0, 0.05) is 6.07 Å². The Bertz CT molecular complexity index is 574. The minimum atomic E-state index is -1.25. The quantitative estimate of drug-likeness (QED) is 0.616. The van der Waals surface area contributed by atoms with Crippen molar-refractivity contribution in [3.63, 3.8) is 0 Å². The topological polar surface area (TPSA) is 110 Å². The summed E-state index contributed by atoms with van der Waals surface area (Å²) in [6, 6.07) is 1.24. The lowest BCUT2D eigenvalue weighted by Gasteiger charge is -2.16. The second-order valence-electron chi connectivity index (χ2n) is 4.91. The number of nitrogens with zero attached hydrogens (tertiary/aromatic N) is 1. The highest BCUT2D eigenvalue weighted by Crippen LogP contribution is 2.20. The van der Waals surface area contributed by atoms with E-state index in [1.54, 1.807) is 13.8 Å². The molecule has 0 aliphatic rings. The van der Waals surface area contributed by atoms with Crippen molar-refractivity contribution in [1.29, 1.82) is 0 Å². The SMILES string of the molecule is CC(C)CC(NC(=O)c1cc(F)ccc1[N+](=O)[O-])C(=O)O. The van der Waals surface area contributed by atoms with Crippen molar-refractivity contribution in [2.75, 3.05) is 0 Å². The van der Waals surface area contributed by atoms with E-state index < -0.39 is 39.9 Å². The lowest BCUT2D eigenvalue weighted by Crippen LogP contribution is -2.41. The van der Waals surface area contributed by atoms with Crippen LogP contribution in [-0.4, -0.2) is 27.9 Å². The van der Waals surface area contributed by atoms with Crippen LogP contribution in [-0.2, 0) is 4.79 Å². The minimum absolute atomic E-state index is 0.00565. The summed E-state index contributed by atoms with van der Waals surface area (Å²) in [6.45, 7) is 3.54. The van der Waals surface area contributed by atoms with Crippen LogP contribution in [0.25, 0.3) is 0 Å². The van der Waals surface area contributed by atoms with Crippen molar-refractivity contribution in [2.45, 2.75) is 26.3 Å². The predicted molar refractivity (Wildman–Crippen MR) is 71.4 cm³/mol. The van der Waals surface area contributed by atoms with Crippen LogP contribution in [0.5, 0.6) is 0 Å². The number of nitro benzene ring substituents is 1. The number of amides is 1. The summed E-state index contributed by atoms with van der Waals surface area (Å²) in [5.74, 6) is -3.07. The monoisotopic (exact) mass is 298 g/mol. The summed E-state index contributed by atoms with van der Waals surface area (Å²) in [5, 5.41) is 22.0. The third-order valence-electron chi connectivity index (χ3n) is 2.71. The van der Waals surface area contributed by atoms with E-state index >= 15 is 0 Å². The Morgan fingerprint density at radius 2 is 2.05 bits per heavy atom. The van der Waals surface area contributed by atoms with E-state index in [0.717, 1.165) is 12.1 Å². The van der Waals surface area contributed by atoms with Gasteiger partial charge in [-0.3, -0.25) is 14.9 Å². The summed E-state index contributed by atoms with van der Waals surface area (Å²) < 4.78 is 13.2. The molecule has 1 atom stereocenters. The molecule has 114 valence electrons. The molecular weight excluding hydrogens is 283 g/mol. The molecule has 1 rings (SSSR count). The molecule has 7 nitrogen and oxygen atoms in total. The van der Waals surface area contributed by atoms with Gasteiger partial charge in [-0.05, 0) is 24.5 Å². The average Bonchev–Trinajstić information content (AvgIpc) is 2.36. The number of nitro groups is 1. The Morgan fingerprint density at radius 3 is 2.52 bits per heavy atom. The van der Waals surface area contributed by atoms with Gasteiger partial charge in [0.1, 0.15) is 17.4 Å². The number of carbonyl (C=O) groups excluding carboxylic acids is 1. The number of benzene rings is 1. The molecule has 1 aromatic carbocycles. The number of aliphatic carboxylic acids is 1. The number of carboxylic acids is 1. The number of hydrogen-bond donors (Lipinski definition) is 2. The first-order chi connectivity index (χ1) is 9.72. The molecule has 0 aliphatic carbocycles.